The lowest BCUT2D eigenvalue weighted by Crippen LogP contribution is -2.55. The Morgan fingerprint density at radius 2 is 2.14 bits per heavy atom. The number of fused-ring (bicyclic) bond motifs is 2. The lowest BCUT2D eigenvalue weighted by atomic mass is 9.66. The Morgan fingerprint density at radius 1 is 1.36 bits per heavy atom. The predicted molar refractivity (Wildman–Crippen MR) is 134 cm³/mol. The van der Waals surface area contributed by atoms with Crippen molar-refractivity contribution in [3.8, 4) is 0 Å². The van der Waals surface area contributed by atoms with Gasteiger partial charge in [0.25, 0.3) is 0 Å². The van der Waals surface area contributed by atoms with Crippen LogP contribution in [-0.2, 0) is 25.8 Å². The molecule has 3 aliphatic rings. The van der Waals surface area contributed by atoms with Crippen molar-refractivity contribution in [3.05, 3.63) is 36.9 Å². The summed E-state index contributed by atoms with van der Waals surface area (Å²) in [6, 6.07) is 6.68. The number of ether oxygens (including phenoxy) is 1. The van der Waals surface area contributed by atoms with Gasteiger partial charge in [0.1, 0.15) is 18.2 Å². The van der Waals surface area contributed by atoms with E-state index in [0.717, 1.165) is 11.0 Å². The third-order valence-electron chi connectivity index (χ3n) is 7.78. The fourth-order valence-electron chi connectivity index (χ4n) is 6.37. The topological polar surface area (TPSA) is 118 Å². The molecule has 0 saturated carbocycles. The van der Waals surface area contributed by atoms with Crippen LogP contribution in [0.1, 0.15) is 26.7 Å². The van der Waals surface area contributed by atoms with Crippen LogP contribution in [0.25, 0.3) is 11.0 Å². The molecule has 5 rings (SSSR count). The standard InChI is InChI=1S/C25H31N5O5S/c1-4-12-28(15-30-17-9-7-6-8-16(17)26-27-30)22(33)20-25-11-10-24(3,36-25)19(23(34)35-5-2)18(25)21(32)29(20)13-14-31/h4,6-9,18-20,31H,1,5,10-15H2,2-3H3/t18-,19+,20?,24-,25?/m0/s1. The van der Waals surface area contributed by atoms with E-state index < -0.39 is 27.4 Å². The summed E-state index contributed by atoms with van der Waals surface area (Å²) < 4.78 is 5.79. The minimum absolute atomic E-state index is 0.0223. The molecule has 1 N–H and O–H groups in total. The van der Waals surface area contributed by atoms with Gasteiger partial charge in [0.05, 0.1) is 35.3 Å². The quantitative estimate of drug-likeness (QED) is 0.395. The first-order valence-corrected chi connectivity index (χ1v) is 13.1. The number of hydrogen-bond acceptors (Lipinski definition) is 8. The first kappa shape index (κ1) is 24.8. The van der Waals surface area contributed by atoms with E-state index in [-0.39, 0.29) is 50.8 Å². The first-order chi connectivity index (χ1) is 17.3. The van der Waals surface area contributed by atoms with Crippen molar-refractivity contribution in [3.63, 3.8) is 0 Å². The molecule has 2 bridgehead atoms. The number of amides is 2. The van der Waals surface area contributed by atoms with E-state index >= 15 is 0 Å². The van der Waals surface area contributed by atoms with Crippen molar-refractivity contribution in [2.45, 2.75) is 48.9 Å². The Balaban J connectivity index is 1.53. The number of benzene rings is 1. The minimum Gasteiger partial charge on any atom is -0.466 e. The third kappa shape index (κ3) is 3.54. The van der Waals surface area contributed by atoms with E-state index in [1.165, 1.54) is 4.90 Å². The van der Waals surface area contributed by atoms with Crippen molar-refractivity contribution in [1.29, 1.82) is 0 Å². The van der Waals surface area contributed by atoms with E-state index in [0.29, 0.717) is 12.8 Å². The monoisotopic (exact) mass is 513 g/mol. The van der Waals surface area contributed by atoms with Crippen LogP contribution in [0.5, 0.6) is 0 Å². The van der Waals surface area contributed by atoms with Gasteiger partial charge in [-0.1, -0.05) is 23.4 Å². The molecule has 1 spiro atoms. The summed E-state index contributed by atoms with van der Waals surface area (Å²) in [4.78, 5) is 44.2. The number of carbonyl (C=O) groups is 3. The van der Waals surface area contributed by atoms with Gasteiger partial charge in [-0.2, -0.15) is 0 Å². The summed E-state index contributed by atoms with van der Waals surface area (Å²) in [5.74, 6) is -2.20. The fourth-order valence-corrected chi connectivity index (χ4v) is 8.71. The second kappa shape index (κ2) is 9.19. The molecular weight excluding hydrogens is 482 g/mol. The molecule has 4 heterocycles. The average molecular weight is 514 g/mol. The number of para-hydroxylation sites is 1. The highest BCUT2D eigenvalue weighted by Gasteiger charge is 2.77. The lowest BCUT2D eigenvalue weighted by Gasteiger charge is -2.37. The van der Waals surface area contributed by atoms with E-state index in [1.807, 2.05) is 31.2 Å². The maximum atomic E-state index is 14.3. The van der Waals surface area contributed by atoms with Crippen LogP contribution in [0.4, 0.5) is 0 Å². The molecule has 10 nitrogen and oxygen atoms in total. The van der Waals surface area contributed by atoms with Gasteiger partial charge < -0.3 is 19.6 Å². The van der Waals surface area contributed by atoms with Gasteiger partial charge in [0.15, 0.2) is 0 Å². The normalized spacial score (nSPS) is 30.6. The van der Waals surface area contributed by atoms with Crippen molar-refractivity contribution in [2.75, 3.05) is 26.3 Å². The van der Waals surface area contributed by atoms with Crippen LogP contribution in [-0.4, -0.2) is 89.5 Å². The molecule has 5 atom stereocenters. The molecule has 3 aliphatic heterocycles. The van der Waals surface area contributed by atoms with Crippen LogP contribution < -0.4 is 0 Å². The summed E-state index contributed by atoms with van der Waals surface area (Å²) in [7, 11) is 0. The molecule has 0 radical (unpaired) electrons. The number of likely N-dealkylation sites (tertiary alicyclic amines) is 1. The zero-order chi connectivity index (χ0) is 25.7. The van der Waals surface area contributed by atoms with Crippen LogP contribution in [0, 0.1) is 11.8 Å². The number of carbonyl (C=O) groups excluding carboxylic acids is 3. The molecule has 0 aliphatic carbocycles. The molecule has 192 valence electrons. The number of thioether (sulfide) groups is 1. The van der Waals surface area contributed by atoms with E-state index in [9.17, 15) is 19.5 Å². The number of rotatable bonds is 9. The second-order valence-corrected chi connectivity index (χ2v) is 11.7. The molecule has 36 heavy (non-hydrogen) atoms. The number of esters is 1. The van der Waals surface area contributed by atoms with E-state index in [4.69, 9.17) is 4.74 Å². The van der Waals surface area contributed by atoms with Gasteiger partial charge >= 0.3 is 5.97 Å². The van der Waals surface area contributed by atoms with Crippen LogP contribution in [0.2, 0.25) is 0 Å². The zero-order valence-corrected chi connectivity index (χ0v) is 21.3. The highest BCUT2D eigenvalue weighted by atomic mass is 32.2. The fraction of sp³-hybridized carbons (Fsp3) is 0.560. The van der Waals surface area contributed by atoms with Gasteiger partial charge in [-0.3, -0.25) is 14.4 Å². The number of aliphatic hydroxyl groups excluding tert-OH is 1. The van der Waals surface area contributed by atoms with Crippen molar-refractivity contribution in [2.24, 2.45) is 11.8 Å². The van der Waals surface area contributed by atoms with E-state index in [1.54, 1.807) is 34.3 Å². The smallest absolute Gasteiger partial charge is 0.311 e. The van der Waals surface area contributed by atoms with E-state index in [2.05, 4.69) is 16.9 Å². The largest absolute Gasteiger partial charge is 0.466 e. The number of aromatic nitrogens is 3. The summed E-state index contributed by atoms with van der Waals surface area (Å²) in [5.41, 5.74) is 1.51. The number of nitrogens with zero attached hydrogens (tertiary/aromatic N) is 5. The molecule has 1 aromatic heterocycles. The van der Waals surface area contributed by atoms with Gasteiger partial charge in [0, 0.05) is 17.8 Å². The third-order valence-corrected chi connectivity index (χ3v) is 9.76. The van der Waals surface area contributed by atoms with Crippen LogP contribution in [0.15, 0.2) is 36.9 Å². The second-order valence-electron chi connectivity index (χ2n) is 9.80. The van der Waals surface area contributed by atoms with Gasteiger partial charge in [-0.05, 0) is 38.8 Å². The molecular formula is C25H31N5O5S. The minimum atomic E-state index is -0.817. The summed E-state index contributed by atoms with van der Waals surface area (Å²) in [5, 5.41) is 18.2. The summed E-state index contributed by atoms with van der Waals surface area (Å²) >= 11 is 1.58. The first-order valence-electron chi connectivity index (χ1n) is 12.3. The highest BCUT2D eigenvalue weighted by Crippen LogP contribution is 2.71. The SMILES string of the molecule is C=CCN(Cn1nnc2ccccc21)C(=O)C1N(CCO)C(=O)[C@@H]2[C@H](C(=O)OCC)[C@]3(C)CCC12S3. The molecule has 2 amide bonds. The number of aliphatic hydroxyl groups is 1. The Labute approximate surface area is 213 Å². The Hall–Kier alpha value is -2.92. The maximum absolute atomic E-state index is 14.3. The van der Waals surface area contributed by atoms with Crippen molar-refractivity contribution < 1.29 is 24.2 Å². The Kier molecular flexibility index (Phi) is 6.32. The molecule has 11 heteroatoms. The maximum Gasteiger partial charge on any atom is 0.311 e. The van der Waals surface area contributed by atoms with Gasteiger partial charge in [-0.25, -0.2) is 4.68 Å². The number of β-amino-alcohol motifs (C(OH)–C–C–N with tert-alkyl or cyclic N) is 1. The molecule has 1 aromatic carbocycles. The van der Waals surface area contributed by atoms with Crippen LogP contribution in [0.3, 0.4) is 0 Å². The molecule has 2 unspecified atom stereocenters. The van der Waals surface area contributed by atoms with Crippen molar-refractivity contribution >= 4 is 40.6 Å². The van der Waals surface area contributed by atoms with Gasteiger partial charge in [-0.15, -0.1) is 23.4 Å². The number of hydrogen-bond donors (Lipinski definition) is 1. The average Bonchev–Trinajstić information content (AvgIpc) is 3.55. The predicted octanol–water partition coefficient (Wildman–Crippen LogP) is 1.44. The highest BCUT2D eigenvalue weighted by molar-refractivity contribution is 8.02. The Bertz CT molecular complexity index is 1220. The summed E-state index contributed by atoms with van der Waals surface area (Å²) in [6.07, 6.45) is 2.98. The lowest BCUT2D eigenvalue weighted by molar-refractivity contribution is -0.155. The van der Waals surface area contributed by atoms with Crippen LogP contribution >= 0.6 is 11.8 Å². The Morgan fingerprint density at radius 3 is 2.86 bits per heavy atom. The van der Waals surface area contributed by atoms with Crippen molar-refractivity contribution in [1.82, 2.24) is 24.8 Å². The van der Waals surface area contributed by atoms with Gasteiger partial charge in [0.2, 0.25) is 11.8 Å². The zero-order valence-electron chi connectivity index (χ0n) is 20.5. The molecule has 3 fully saturated rings. The summed E-state index contributed by atoms with van der Waals surface area (Å²) in [6.45, 7) is 7.92. The molecule has 2 aromatic rings. The molecule has 3 saturated heterocycles.